The average Bonchev–Trinajstić information content (AvgIpc) is 2.00. The minimum Gasteiger partial charge on any atom is -0.451 e. The fourth-order valence-corrected chi connectivity index (χ4v) is 0.835. The quantitative estimate of drug-likeness (QED) is 0.576. The zero-order valence-electron chi connectivity index (χ0n) is 7.14. The summed E-state index contributed by atoms with van der Waals surface area (Å²) in [5, 5.41) is 0. The van der Waals surface area contributed by atoms with E-state index >= 15 is 0 Å². The van der Waals surface area contributed by atoms with Gasteiger partial charge >= 0.3 is 5.97 Å². The molecule has 0 spiro atoms. The number of carbonyl (C=O) groups is 1. The van der Waals surface area contributed by atoms with Crippen molar-refractivity contribution in [1.29, 1.82) is 0 Å². The first-order chi connectivity index (χ1) is 5.10. The molecule has 0 aromatic rings. The predicted octanol–water partition coefficient (Wildman–Crippen LogP) is 1.22. The van der Waals surface area contributed by atoms with Gasteiger partial charge in [0.05, 0.1) is 0 Å². The van der Waals surface area contributed by atoms with Crippen LogP contribution >= 0.6 is 0 Å². The highest BCUT2D eigenvalue weighted by Gasteiger charge is 2.29. The van der Waals surface area contributed by atoms with Crippen LogP contribution in [0.15, 0.2) is 0 Å². The van der Waals surface area contributed by atoms with E-state index in [4.69, 9.17) is 4.74 Å². The highest BCUT2D eigenvalue weighted by atomic mass is 16.6. The average molecular weight is 157 g/mol. The van der Waals surface area contributed by atoms with Crippen molar-refractivity contribution in [3.05, 3.63) is 0 Å². The van der Waals surface area contributed by atoms with Crippen LogP contribution in [-0.2, 0) is 14.3 Å². The second kappa shape index (κ2) is 4.11. The van der Waals surface area contributed by atoms with E-state index < -0.39 is 11.6 Å². The molecule has 63 valence electrons. The van der Waals surface area contributed by atoms with Gasteiger partial charge in [-0.15, -0.1) is 0 Å². The Kier molecular flexibility index (Phi) is 3.79. The summed E-state index contributed by atoms with van der Waals surface area (Å²) in [6.45, 7) is 4.87. The molecule has 0 aliphatic rings. The van der Waals surface area contributed by atoms with E-state index in [1.54, 1.807) is 20.1 Å². The first-order valence-electron chi connectivity index (χ1n) is 3.69. The maximum Gasteiger partial charge on any atom is 0.303 e. The molecule has 11 heavy (non-hydrogen) atoms. The van der Waals surface area contributed by atoms with Crippen molar-refractivity contribution in [2.24, 2.45) is 0 Å². The van der Waals surface area contributed by atoms with Crippen LogP contribution in [-0.4, -0.2) is 17.9 Å². The molecule has 0 amide bonds. The van der Waals surface area contributed by atoms with E-state index in [0.717, 1.165) is 0 Å². The standard InChI is InChI=1S/C8H13O3/c1-4-8(5-2,6-9)11-7(3)10/h4-5H2,1-3H3. The summed E-state index contributed by atoms with van der Waals surface area (Å²) >= 11 is 0. The van der Waals surface area contributed by atoms with Crippen molar-refractivity contribution >= 4 is 12.3 Å². The van der Waals surface area contributed by atoms with E-state index in [1.165, 1.54) is 6.92 Å². The fraction of sp³-hybridized carbons (Fsp3) is 0.750. The molecule has 1 radical (unpaired) electrons. The van der Waals surface area contributed by atoms with Gasteiger partial charge in [0, 0.05) is 6.92 Å². The van der Waals surface area contributed by atoms with Crippen LogP contribution in [0.2, 0.25) is 0 Å². The molecular formula is C8H13O3. The molecule has 0 N–H and O–H groups in total. The normalized spacial score (nSPS) is 10.8. The Morgan fingerprint density at radius 3 is 2.00 bits per heavy atom. The summed E-state index contributed by atoms with van der Waals surface area (Å²) in [5.41, 5.74) is -1.01. The number of hydrogen-bond acceptors (Lipinski definition) is 3. The van der Waals surface area contributed by atoms with Gasteiger partial charge in [-0.2, -0.15) is 0 Å². The Morgan fingerprint density at radius 1 is 1.45 bits per heavy atom. The Hall–Kier alpha value is -0.860. The molecule has 3 nitrogen and oxygen atoms in total. The van der Waals surface area contributed by atoms with Gasteiger partial charge in [-0.1, -0.05) is 13.8 Å². The smallest absolute Gasteiger partial charge is 0.303 e. The van der Waals surface area contributed by atoms with E-state index in [9.17, 15) is 9.59 Å². The molecule has 0 aliphatic carbocycles. The van der Waals surface area contributed by atoms with E-state index in [2.05, 4.69) is 0 Å². The Bertz CT molecular complexity index is 147. The predicted molar refractivity (Wildman–Crippen MR) is 40.8 cm³/mol. The third kappa shape index (κ3) is 2.70. The summed E-state index contributed by atoms with van der Waals surface area (Å²) in [6.07, 6.45) is 2.71. The molecule has 0 heterocycles. The second-order valence-corrected chi connectivity index (χ2v) is 2.40. The highest BCUT2D eigenvalue weighted by Crippen LogP contribution is 2.17. The van der Waals surface area contributed by atoms with Gasteiger partial charge in [-0.05, 0) is 12.8 Å². The number of carbonyl (C=O) groups excluding carboxylic acids is 2. The summed E-state index contributed by atoms with van der Waals surface area (Å²) in [6, 6.07) is 0. The van der Waals surface area contributed by atoms with Gasteiger partial charge in [0.2, 0.25) is 6.29 Å². The topological polar surface area (TPSA) is 43.4 Å². The van der Waals surface area contributed by atoms with Gasteiger partial charge in [-0.25, -0.2) is 0 Å². The molecule has 0 aromatic carbocycles. The monoisotopic (exact) mass is 157 g/mol. The molecule has 0 bridgehead atoms. The van der Waals surface area contributed by atoms with Crippen molar-refractivity contribution in [2.45, 2.75) is 39.2 Å². The SMILES string of the molecule is CCC([C]=O)(CC)OC(C)=O. The lowest BCUT2D eigenvalue weighted by Gasteiger charge is -2.22. The third-order valence-electron chi connectivity index (χ3n) is 1.67. The van der Waals surface area contributed by atoms with E-state index in [-0.39, 0.29) is 0 Å². The summed E-state index contributed by atoms with van der Waals surface area (Å²) < 4.78 is 4.82. The van der Waals surface area contributed by atoms with Crippen LogP contribution in [0.5, 0.6) is 0 Å². The minimum atomic E-state index is -1.01. The zero-order valence-corrected chi connectivity index (χ0v) is 7.14. The molecular weight excluding hydrogens is 144 g/mol. The van der Waals surface area contributed by atoms with Crippen molar-refractivity contribution in [3.63, 3.8) is 0 Å². The summed E-state index contributed by atoms with van der Waals surface area (Å²) in [5.74, 6) is -0.433. The number of rotatable bonds is 4. The molecule has 0 saturated heterocycles. The molecule has 0 atom stereocenters. The molecule has 0 aromatic heterocycles. The van der Waals surface area contributed by atoms with Gasteiger partial charge in [-0.3, -0.25) is 9.59 Å². The minimum absolute atomic E-state index is 0.433. The van der Waals surface area contributed by atoms with Crippen LogP contribution in [0.3, 0.4) is 0 Å². The van der Waals surface area contributed by atoms with Gasteiger partial charge in [0.25, 0.3) is 0 Å². The van der Waals surface area contributed by atoms with Crippen molar-refractivity contribution in [2.75, 3.05) is 0 Å². The van der Waals surface area contributed by atoms with Crippen molar-refractivity contribution in [3.8, 4) is 0 Å². The van der Waals surface area contributed by atoms with E-state index in [0.29, 0.717) is 12.8 Å². The number of hydrogen-bond donors (Lipinski definition) is 0. The molecule has 0 fully saturated rings. The van der Waals surface area contributed by atoms with Gasteiger partial charge in [0.1, 0.15) is 0 Å². The third-order valence-corrected chi connectivity index (χ3v) is 1.67. The van der Waals surface area contributed by atoms with Crippen LogP contribution in [0, 0.1) is 0 Å². The molecule has 0 unspecified atom stereocenters. The van der Waals surface area contributed by atoms with Crippen molar-refractivity contribution < 1.29 is 14.3 Å². The molecule has 0 aliphatic heterocycles. The van der Waals surface area contributed by atoms with Crippen LogP contribution in [0.25, 0.3) is 0 Å². The lowest BCUT2D eigenvalue weighted by Crippen LogP contribution is -2.34. The van der Waals surface area contributed by atoms with Crippen LogP contribution < -0.4 is 0 Å². The fourth-order valence-electron chi connectivity index (χ4n) is 0.835. The Morgan fingerprint density at radius 2 is 1.91 bits per heavy atom. The lowest BCUT2D eigenvalue weighted by molar-refractivity contribution is -0.151. The molecule has 3 heteroatoms. The van der Waals surface area contributed by atoms with Crippen LogP contribution in [0.4, 0.5) is 0 Å². The first kappa shape index (κ1) is 10.1. The first-order valence-corrected chi connectivity index (χ1v) is 3.69. The summed E-state index contributed by atoms with van der Waals surface area (Å²) in [4.78, 5) is 21.0. The Labute approximate surface area is 66.7 Å². The summed E-state index contributed by atoms with van der Waals surface area (Å²) in [7, 11) is 0. The zero-order chi connectivity index (χ0) is 8.91. The maximum absolute atomic E-state index is 10.5. The molecule has 0 rings (SSSR count). The maximum atomic E-state index is 10.5. The number of esters is 1. The Balaban J connectivity index is 4.28. The van der Waals surface area contributed by atoms with Gasteiger partial charge in [0.15, 0.2) is 5.60 Å². The van der Waals surface area contributed by atoms with Crippen LogP contribution in [0.1, 0.15) is 33.6 Å². The van der Waals surface area contributed by atoms with Crippen molar-refractivity contribution in [1.82, 2.24) is 0 Å². The largest absolute Gasteiger partial charge is 0.451 e. The van der Waals surface area contributed by atoms with E-state index in [1.807, 2.05) is 0 Å². The second-order valence-electron chi connectivity index (χ2n) is 2.40. The number of ether oxygens (including phenoxy) is 1. The lowest BCUT2D eigenvalue weighted by atomic mass is 9.99. The van der Waals surface area contributed by atoms with Gasteiger partial charge < -0.3 is 4.74 Å². The molecule has 0 saturated carbocycles. The highest BCUT2D eigenvalue weighted by molar-refractivity contribution is 5.73.